The minimum atomic E-state index is -0.136. The van der Waals surface area contributed by atoms with Gasteiger partial charge < -0.3 is 5.32 Å². The van der Waals surface area contributed by atoms with Gasteiger partial charge in [0.1, 0.15) is 5.82 Å². The quantitative estimate of drug-likeness (QED) is 0.878. The molecule has 1 N–H and O–H groups in total. The van der Waals surface area contributed by atoms with Gasteiger partial charge in [0.2, 0.25) is 0 Å². The molecule has 2 rings (SSSR count). The van der Waals surface area contributed by atoms with Crippen LogP contribution in [0.15, 0.2) is 22.7 Å². The maximum atomic E-state index is 13.8. The second-order valence-electron chi connectivity index (χ2n) is 4.85. The zero-order chi connectivity index (χ0) is 13.0. The lowest BCUT2D eigenvalue weighted by molar-refractivity contribution is 0.415. The van der Waals surface area contributed by atoms with Gasteiger partial charge in [0, 0.05) is 16.1 Å². The van der Waals surface area contributed by atoms with Gasteiger partial charge in [-0.15, -0.1) is 0 Å². The highest BCUT2D eigenvalue weighted by Gasteiger charge is 2.16. The Labute approximate surface area is 121 Å². The van der Waals surface area contributed by atoms with Crippen LogP contribution in [0, 0.1) is 11.7 Å². The Morgan fingerprint density at radius 3 is 2.83 bits per heavy atom. The van der Waals surface area contributed by atoms with Gasteiger partial charge in [0.25, 0.3) is 0 Å². The highest BCUT2D eigenvalue weighted by atomic mass is 79.9. The Morgan fingerprint density at radius 2 is 2.17 bits per heavy atom. The van der Waals surface area contributed by atoms with Crippen molar-refractivity contribution in [3.63, 3.8) is 0 Å². The van der Waals surface area contributed by atoms with Crippen molar-refractivity contribution in [2.45, 2.75) is 25.8 Å². The third kappa shape index (κ3) is 3.97. The van der Waals surface area contributed by atoms with Gasteiger partial charge in [-0.2, -0.15) is 11.8 Å². The first-order valence-corrected chi connectivity index (χ1v) is 8.37. The summed E-state index contributed by atoms with van der Waals surface area (Å²) in [5.74, 6) is 3.16. The number of benzene rings is 1. The Bertz CT molecular complexity index is 393. The highest BCUT2D eigenvalue weighted by Crippen LogP contribution is 2.24. The molecule has 0 aromatic heterocycles. The van der Waals surface area contributed by atoms with Crippen molar-refractivity contribution in [2.24, 2.45) is 5.92 Å². The van der Waals surface area contributed by atoms with Crippen molar-refractivity contribution in [1.82, 2.24) is 5.32 Å². The predicted octanol–water partition coefficient (Wildman–Crippen LogP) is 4.38. The van der Waals surface area contributed by atoms with E-state index in [4.69, 9.17) is 0 Å². The van der Waals surface area contributed by atoms with E-state index in [0.717, 1.165) is 22.5 Å². The van der Waals surface area contributed by atoms with Crippen LogP contribution in [0.4, 0.5) is 4.39 Å². The molecule has 1 heterocycles. The van der Waals surface area contributed by atoms with Crippen LogP contribution >= 0.6 is 27.7 Å². The number of rotatable bonds is 4. The van der Waals surface area contributed by atoms with Gasteiger partial charge in [-0.3, -0.25) is 0 Å². The zero-order valence-corrected chi connectivity index (χ0v) is 13.0. The smallest absolute Gasteiger partial charge is 0.129 e. The van der Waals surface area contributed by atoms with E-state index in [-0.39, 0.29) is 11.9 Å². The van der Waals surface area contributed by atoms with Crippen LogP contribution in [0.1, 0.15) is 31.4 Å². The number of thioether (sulfide) groups is 1. The molecule has 1 saturated heterocycles. The molecule has 1 aliphatic heterocycles. The van der Waals surface area contributed by atoms with Crippen LogP contribution in [0.25, 0.3) is 0 Å². The summed E-state index contributed by atoms with van der Waals surface area (Å²) in [7, 11) is 0. The number of hydrogen-bond acceptors (Lipinski definition) is 2. The molecule has 1 aromatic rings. The minimum Gasteiger partial charge on any atom is -0.310 e. The van der Waals surface area contributed by atoms with Crippen LogP contribution < -0.4 is 5.32 Å². The molecule has 0 bridgehead atoms. The maximum Gasteiger partial charge on any atom is 0.129 e. The van der Waals surface area contributed by atoms with Crippen molar-refractivity contribution in [2.75, 3.05) is 18.1 Å². The molecule has 0 aliphatic carbocycles. The first-order chi connectivity index (χ1) is 8.66. The summed E-state index contributed by atoms with van der Waals surface area (Å²) in [4.78, 5) is 0. The van der Waals surface area contributed by atoms with E-state index in [1.807, 2.05) is 30.8 Å². The molecule has 0 spiro atoms. The largest absolute Gasteiger partial charge is 0.310 e. The van der Waals surface area contributed by atoms with Crippen molar-refractivity contribution >= 4 is 27.7 Å². The van der Waals surface area contributed by atoms with Crippen LogP contribution in [0.5, 0.6) is 0 Å². The molecular formula is C14H19BrFNS. The number of hydrogen-bond donors (Lipinski definition) is 1. The van der Waals surface area contributed by atoms with Crippen molar-refractivity contribution in [3.05, 3.63) is 34.1 Å². The Balaban J connectivity index is 1.88. The molecule has 1 unspecified atom stereocenters. The van der Waals surface area contributed by atoms with E-state index in [0.29, 0.717) is 0 Å². The van der Waals surface area contributed by atoms with Gasteiger partial charge in [-0.1, -0.05) is 22.0 Å². The molecule has 18 heavy (non-hydrogen) atoms. The average Bonchev–Trinajstić information content (AvgIpc) is 2.37. The first-order valence-electron chi connectivity index (χ1n) is 6.43. The third-order valence-corrected chi connectivity index (χ3v) is 5.02. The van der Waals surface area contributed by atoms with Crippen molar-refractivity contribution in [3.8, 4) is 0 Å². The molecule has 4 heteroatoms. The number of nitrogens with one attached hydrogen (secondary N) is 1. The average molecular weight is 332 g/mol. The SMILES string of the molecule is CC(NCC1CCSCC1)c1ccc(Br)cc1F. The van der Waals surface area contributed by atoms with Gasteiger partial charge in [0.15, 0.2) is 0 Å². The van der Waals surface area contributed by atoms with Crippen LogP contribution in [-0.2, 0) is 0 Å². The molecule has 1 nitrogen and oxygen atoms in total. The van der Waals surface area contributed by atoms with E-state index < -0.39 is 0 Å². The van der Waals surface area contributed by atoms with E-state index >= 15 is 0 Å². The molecule has 0 saturated carbocycles. The summed E-state index contributed by atoms with van der Waals surface area (Å²) in [6.45, 7) is 3.03. The second-order valence-corrected chi connectivity index (χ2v) is 6.99. The van der Waals surface area contributed by atoms with Crippen molar-refractivity contribution < 1.29 is 4.39 Å². The summed E-state index contributed by atoms with van der Waals surface area (Å²) in [5, 5.41) is 3.46. The Hall–Kier alpha value is -0.0600. The molecule has 1 fully saturated rings. The van der Waals surface area contributed by atoms with Gasteiger partial charge in [-0.25, -0.2) is 4.39 Å². The van der Waals surface area contributed by atoms with Gasteiger partial charge in [-0.05, 0) is 55.9 Å². The number of halogens is 2. The Kier molecular flexibility index (Phi) is 5.52. The predicted molar refractivity (Wildman–Crippen MR) is 80.6 cm³/mol. The zero-order valence-electron chi connectivity index (χ0n) is 10.6. The second kappa shape index (κ2) is 6.92. The molecular weight excluding hydrogens is 313 g/mol. The lowest BCUT2D eigenvalue weighted by Crippen LogP contribution is -2.28. The van der Waals surface area contributed by atoms with E-state index in [2.05, 4.69) is 21.2 Å². The van der Waals surface area contributed by atoms with E-state index in [9.17, 15) is 4.39 Å². The van der Waals surface area contributed by atoms with Crippen molar-refractivity contribution in [1.29, 1.82) is 0 Å². The van der Waals surface area contributed by atoms with Gasteiger partial charge >= 0.3 is 0 Å². The summed E-state index contributed by atoms with van der Waals surface area (Å²) >= 11 is 5.32. The molecule has 0 amide bonds. The third-order valence-electron chi connectivity index (χ3n) is 3.48. The first kappa shape index (κ1) is 14.4. The summed E-state index contributed by atoms with van der Waals surface area (Å²) in [5.41, 5.74) is 0.753. The maximum absolute atomic E-state index is 13.8. The Morgan fingerprint density at radius 1 is 1.44 bits per heavy atom. The fourth-order valence-corrected chi connectivity index (χ4v) is 3.79. The summed E-state index contributed by atoms with van der Waals surface area (Å²) in [6, 6.07) is 5.36. The fourth-order valence-electron chi connectivity index (χ4n) is 2.26. The van der Waals surface area contributed by atoms with E-state index in [1.54, 1.807) is 0 Å². The summed E-state index contributed by atoms with van der Waals surface area (Å²) < 4.78 is 14.6. The topological polar surface area (TPSA) is 12.0 Å². The molecule has 1 aromatic carbocycles. The lowest BCUT2D eigenvalue weighted by atomic mass is 10.0. The summed E-state index contributed by atoms with van der Waals surface area (Å²) in [6.07, 6.45) is 2.57. The molecule has 0 radical (unpaired) electrons. The molecule has 1 atom stereocenters. The minimum absolute atomic E-state index is 0.0766. The standard InChI is InChI=1S/C14H19BrFNS/c1-10(13-3-2-12(15)8-14(13)16)17-9-11-4-6-18-7-5-11/h2-3,8,10-11,17H,4-7,9H2,1H3. The van der Waals surface area contributed by atoms with Crippen LogP contribution in [0.2, 0.25) is 0 Å². The van der Waals surface area contributed by atoms with Crippen LogP contribution in [0.3, 0.4) is 0 Å². The molecule has 100 valence electrons. The lowest BCUT2D eigenvalue weighted by Gasteiger charge is -2.24. The molecule has 1 aliphatic rings. The van der Waals surface area contributed by atoms with Crippen LogP contribution in [-0.4, -0.2) is 18.1 Å². The van der Waals surface area contributed by atoms with E-state index in [1.165, 1.54) is 30.4 Å². The fraction of sp³-hybridized carbons (Fsp3) is 0.571. The monoisotopic (exact) mass is 331 g/mol. The highest BCUT2D eigenvalue weighted by molar-refractivity contribution is 9.10. The normalized spacial score (nSPS) is 18.8. The van der Waals surface area contributed by atoms with Gasteiger partial charge in [0.05, 0.1) is 0 Å².